The molecule has 198 valence electrons. The molecule has 0 unspecified atom stereocenters. The van der Waals surface area contributed by atoms with Gasteiger partial charge in [0.1, 0.15) is 28.7 Å². The number of nitrogens with one attached hydrogen (secondary N) is 3. The zero-order chi connectivity index (χ0) is 27.3. The number of carbonyl (C=O) groups excluding carboxylic acids is 2. The maximum absolute atomic E-state index is 15.1. The molecule has 3 heterocycles. The van der Waals surface area contributed by atoms with Crippen molar-refractivity contribution in [1.82, 2.24) is 9.97 Å². The number of nitrogens with zero attached hydrogens (tertiary/aromatic N) is 4. The highest BCUT2D eigenvalue weighted by Gasteiger charge is 2.56. The number of fused-ring (bicyclic) bond motifs is 3. The van der Waals surface area contributed by atoms with E-state index < -0.39 is 28.9 Å². The highest BCUT2D eigenvalue weighted by atomic mass is 19.1. The molecule has 1 aliphatic carbocycles. The number of anilines is 4. The van der Waals surface area contributed by atoms with Crippen molar-refractivity contribution in [1.29, 1.82) is 0 Å². The standard InChI is InChI=1S/C28H25F2N7O2/c1-15-11-21(30)22(35-26(39)28(7-8-28)25(38)34-18-5-3-17(29)4-6-18)13-19(15)20-12-16-14-33-27(31-2)36-23(16)37-10-9-32-24(20)37/h3-6,11-14H,7-10H2,1-2H3,(H,34,38)(H,35,39)(H,31,33,36). The molecule has 1 fully saturated rings. The van der Waals surface area contributed by atoms with Crippen molar-refractivity contribution >= 4 is 52.4 Å². The predicted molar refractivity (Wildman–Crippen MR) is 146 cm³/mol. The number of carbonyl (C=O) groups is 2. The lowest BCUT2D eigenvalue weighted by Crippen LogP contribution is -2.36. The van der Waals surface area contributed by atoms with E-state index in [0.717, 1.165) is 17.0 Å². The van der Waals surface area contributed by atoms with Crippen LogP contribution in [-0.4, -0.2) is 47.8 Å². The molecule has 0 saturated heterocycles. The summed E-state index contributed by atoms with van der Waals surface area (Å²) in [6.07, 6.45) is 4.30. The zero-order valence-electron chi connectivity index (χ0n) is 21.3. The van der Waals surface area contributed by atoms with Crippen LogP contribution in [0.3, 0.4) is 0 Å². The monoisotopic (exact) mass is 529 g/mol. The van der Waals surface area contributed by atoms with Gasteiger partial charge in [-0.1, -0.05) is 0 Å². The van der Waals surface area contributed by atoms with Crippen LogP contribution in [0.25, 0.3) is 11.6 Å². The van der Waals surface area contributed by atoms with Gasteiger partial charge in [0, 0.05) is 36.6 Å². The fourth-order valence-corrected chi connectivity index (χ4v) is 4.89. The Labute approximate surface area is 223 Å². The summed E-state index contributed by atoms with van der Waals surface area (Å²) < 4.78 is 28.3. The molecule has 0 spiro atoms. The molecule has 2 amide bonds. The molecule has 0 atom stereocenters. The van der Waals surface area contributed by atoms with Crippen molar-refractivity contribution in [2.45, 2.75) is 19.8 Å². The first-order valence-corrected chi connectivity index (χ1v) is 12.6. The van der Waals surface area contributed by atoms with Crippen LogP contribution in [0.1, 0.15) is 29.5 Å². The lowest BCUT2D eigenvalue weighted by Gasteiger charge is -2.28. The molecular formula is C28H25F2N7O2. The van der Waals surface area contributed by atoms with E-state index in [9.17, 15) is 14.0 Å². The fourth-order valence-electron chi connectivity index (χ4n) is 4.89. The topological polar surface area (TPSA) is 112 Å². The molecule has 3 aliphatic rings. The van der Waals surface area contributed by atoms with Crippen LogP contribution in [0, 0.1) is 24.0 Å². The van der Waals surface area contributed by atoms with Gasteiger partial charge in [-0.05, 0) is 73.4 Å². The summed E-state index contributed by atoms with van der Waals surface area (Å²) >= 11 is 0. The molecule has 3 N–H and O–H groups in total. The Bertz CT molecular complexity index is 1580. The van der Waals surface area contributed by atoms with Crippen LogP contribution in [0.5, 0.6) is 0 Å². The van der Waals surface area contributed by atoms with Gasteiger partial charge in [0.25, 0.3) is 0 Å². The van der Waals surface area contributed by atoms with E-state index in [-0.39, 0.29) is 5.69 Å². The van der Waals surface area contributed by atoms with Gasteiger partial charge in [0.05, 0.1) is 12.2 Å². The van der Waals surface area contributed by atoms with Crippen LogP contribution in [0.4, 0.5) is 31.9 Å². The number of aliphatic imine (C=N–C) groups is 1. The molecule has 2 aromatic carbocycles. The summed E-state index contributed by atoms with van der Waals surface area (Å²) in [6, 6.07) is 8.22. The first-order valence-electron chi connectivity index (χ1n) is 12.6. The lowest BCUT2D eigenvalue weighted by atomic mass is 9.94. The molecule has 1 aromatic heterocycles. The minimum Gasteiger partial charge on any atom is -0.357 e. The van der Waals surface area contributed by atoms with E-state index in [1.54, 1.807) is 26.2 Å². The number of halogens is 2. The summed E-state index contributed by atoms with van der Waals surface area (Å²) in [7, 11) is 1.75. The highest BCUT2D eigenvalue weighted by molar-refractivity contribution is 6.36. The largest absolute Gasteiger partial charge is 0.357 e. The Balaban J connectivity index is 1.30. The van der Waals surface area contributed by atoms with E-state index in [1.807, 2.05) is 11.0 Å². The van der Waals surface area contributed by atoms with E-state index in [4.69, 9.17) is 0 Å². The van der Waals surface area contributed by atoms with Gasteiger partial charge >= 0.3 is 0 Å². The number of aromatic nitrogens is 2. The summed E-state index contributed by atoms with van der Waals surface area (Å²) in [4.78, 5) is 41.8. The van der Waals surface area contributed by atoms with E-state index in [2.05, 4.69) is 30.9 Å². The third-order valence-electron chi connectivity index (χ3n) is 7.23. The number of amidine groups is 1. The van der Waals surface area contributed by atoms with Crippen molar-refractivity contribution in [3.8, 4) is 0 Å². The van der Waals surface area contributed by atoms with Crippen molar-refractivity contribution < 1.29 is 18.4 Å². The fraction of sp³-hybridized carbons (Fsp3) is 0.250. The minimum absolute atomic E-state index is 0.0277. The minimum atomic E-state index is -1.32. The van der Waals surface area contributed by atoms with Crippen LogP contribution >= 0.6 is 0 Å². The SMILES string of the molecule is CNc1ncc2c(n1)N1CCN=C1C(c1cc(NC(=O)C3(C(=O)Nc4ccc(F)cc4)CC3)c(F)cc1C)=C2. The quantitative estimate of drug-likeness (QED) is 0.412. The van der Waals surface area contributed by atoms with Crippen LogP contribution < -0.4 is 20.9 Å². The number of hydrogen-bond donors (Lipinski definition) is 3. The first-order chi connectivity index (χ1) is 18.8. The maximum atomic E-state index is 15.1. The third kappa shape index (κ3) is 4.29. The van der Waals surface area contributed by atoms with Gasteiger partial charge in [-0.2, -0.15) is 4.98 Å². The molecular weight excluding hydrogens is 504 g/mol. The number of aryl methyl sites for hydroxylation is 1. The average Bonchev–Trinajstić information content (AvgIpc) is 3.60. The first kappa shape index (κ1) is 24.7. The lowest BCUT2D eigenvalue weighted by molar-refractivity contribution is -0.131. The Morgan fingerprint density at radius 3 is 2.51 bits per heavy atom. The number of rotatable bonds is 6. The van der Waals surface area contributed by atoms with Crippen molar-refractivity contribution in [3.63, 3.8) is 0 Å². The number of benzene rings is 2. The summed E-state index contributed by atoms with van der Waals surface area (Å²) in [5.41, 5.74) is 1.96. The third-order valence-corrected chi connectivity index (χ3v) is 7.23. The van der Waals surface area contributed by atoms with Gasteiger partial charge in [0.2, 0.25) is 17.8 Å². The molecule has 3 aromatic rings. The number of hydrogen-bond acceptors (Lipinski definition) is 7. The van der Waals surface area contributed by atoms with Crippen LogP contribution in [0.15, 0.2) is 47.6 Å². The Hall–Kier alpha value is -4.67. The smallest absolute Gasteiger partial charge is 0.240 e. The summed E-state index contributed by atoms with van der Waals surface area (Å²) in [5.74, 6) is -0.191. The van der Waals surface area contributed by atoms with E-state index in [1.165, 1.54) is 30.3 Å². The molecule has 1 saturated carbocycles. The van der Waals surface area contributed by atoms with E-state index >= 15 is 4.39 Å². The Kier molecular flexibility index (Phi) is 5.86. The van der Waals surface area contributed by atoms with Gasteiger partial charge in [-0.15, -0.1) is 0 Å². The molecule has 9 nitrogen and oxygen atoms in total. The van der Waals surface area contributed by atoms with Gasteiger partial charge < -0.3 is 20.9 Å². The maximum Gasteiger partial charge on any atom is 0.240 e. The summed E-state index contributed by atoms with van der Waals surface area (Å²) in [5, 5.41) is 8.25. The van der Waals surface area contributed by atoms with Crippen LogP contribution in [-0.2, 0) is 9.59 Å². The average molecular weight is 530 g/mol. The van der Waals surface area contributed by atoms with E-state index in [0.29, 0.717) is 54.5 Å². The van der Waals surface area contributed by atoms with Gasteiger partial charge in [0.15, 0.2) is 0 Å². The second-order valence-corrected chi connectivity index (χ2v) is 9.78. The Morgan fingerprint density at radius 1 is 1.05 bits per heavy atom. The molecule has 6 rings (SSSR count). The van der Waals surface area contributed by atoms with Crippen molar-refractivity contribution in [2.75, 3.05) is 41.0 Å². The molecule has 0 bridgehead atoms. The molecule has 2 aliphatic heterocycles. The highest BCUT2D eigenvalue weighted by Crippen LogP contribution is 2.48. The van der Waals surface area contributed by atoms with Gasteiger partial charge in [-0.25, -0.2) is 13.8 Å². The van der Waals surface area contributed by atoms with Crippen molar-refractivity contribution in [2.24, 2.45) is 10.4 Å². The van der Waals surface area contributed by atoms with Gasteiger partial charge in [-0.3, -0.25) is 14.6 Å². The van der Waals surface area contributed by atoms with Crippen molar-refractivity contribution in [3.05, 3.63) is 70.9 Å². The second-order valence-electron chi connectivity index (χ2n) is 9.78. The molecule has 39 heavy (non-hydrogen) atoms. The second kappa shape index (κ2) is 9.26. The van der Waals surface area contributed by atoms with Crippen LogP contribution in [0.2, 0.25) is 0 Å². The predicted octanol–water partition coefficient (Wildman–Crippen LogP) is 4.24. The zero-order valence-corrected chi connectivity index (χ0v) is 21.3. The Morgan fingerprint density at radius 2 is 1.79 bits per heavy atom. The number of amides is 2. The summed E-state index contributed by atoms with van der Waals surface area (Å²) in [6.45, 7) is 3.02. The molecule has 11 heteroatoms. The normalized spacial score (nSPS) is 16.5. The molecule has 0 radical (unpaired) electrons.